The summed E-state index contributed by atoms with van der Waals surface area (Å²) in [5.74, 6) is 0.317. The summed E-state index contributed by atoms with van der Waals surface area (Å²) >= 11 is 0. The molecule has 0 aromatic heterocycles. The lowest BCUT2D eigenvalue weighted by Gasteiger charge is -2.24. The van der Waals surface area contributed by atoms with Crippen LogP contribution in [0.3, 0.4) is 0 Å². The highest BCUT2D eigenvalue weighted by Gasteiger charge is 2.18. The summed E-state index contributed by atoms with van der Waals surface area (Å²) in [6.07, 6.45) is 0. The van der Waals surface area contributed by atoms with E-state index in [9.17, 15) is 4.79 Å². The van der Waals surface area contributed by atoms with E-state index in [4.69, 9.17) is 15.2 Å². The molecule has 106 valence electrons. The highest BCUT2D eigenvalue weighted by atomic mass is 16.5. The van der Waals surface area contributed by atoms with Gasteiger partial charge < -0.3 is 20.5 Å². The number of para-hydroxylation sites is 2. The molecule has 0 atom stereocenters. The van der Waals surface area contributed by atoms with Crippen LogP contribution in [0.5, 0.6) is 5.75 Å². The Morgan fingerprint density at radius 1 is 1.37 bits per heavy atom. The monoisotopic (exact) mass is 266 g/mol. The molecule has 0 aliphatic heterocycles. The highest BCUT2D eigenvalue weighted by molar-refractivity contribution is 5.77. The molecule has 5 nitrogen and oxygen atoms in total. The van der Waals surface area contributed by atoms with Crippen molar-refractivity contribution in [1.82, 2.24) is 5.32 Å². The van der Waals surface area contributed by atoms with Crippen LogP contribution in [-0.4, -0.2) is 31.3 Å². The molecule has 19 heavy (non-hydrogen) atoms. The molecule has 0 spiro atoms. The average molecular weight is 266 g/mol. The van der Waals surface area contributed by atoms with Crippen molar-refractivity contribution >= 4 is 11.6 Å². The Morgan fingerprint density at radius 3 is 2.68 bits per heavy atom. The van der Waals surface area contributed by atoms with Crippen molar-refractivity contribution in [3.05, 3.63) is 24.3 Å². The number of anilines is 1. The second kappa shape index (κ2) is 6.99. The Kier molecular flexibility index (Phi) is 5.63. The van der Waals surface area contributed by atoms with Crippen LogP contribution in [-0.2, 0) is 9.53 Å². The molecule has 0 aliphatic carbocycles. The fourth-order valence-electron chi connectivity index (χ4n) is 1.56. The molecular weight excluding hydrogens is 244 g/mol. The summed E-state index contributed by atoms with van der Waals surface area (Å²) in [5.41, 5.74) is 5.85. The normalized spacial score (nSPS) is 11.1. The van der Waals surface area contributed by atoms with Crippen molar-refractivity contribution in [3.63, 3.8) is 0 Å². The first-order chi connectivity index (χ1) is 8.94. The first-order valence-electron chi connectivity index (χ1n) is 6.32. The van der Waals surface area contributed by atoms with E-state index in [2.05, 4.69) is 5.32 Å². The lowest BCUT2D eigenvalue weighted by Crippen LogP contribution is -2.42. The zero-order valence-electron chi connectivity index (χ0n) is 11.7. The number of hydrogen-bond donors (Lipinski definition) is 2. The van der Waals surface area contributed by atoms with Crippen molar-refractivity contribution in [2.45, 2.75) is 26.4 Å². The van der Waals surface area contributed by atoms with E-state index in [1.807, 2.05) is 32.9 Å². The number of amides is 1. The molecule has 1 aromatic rings. The van der Waals surface area contributed by atoms with Gasteiger partial charge in [0.1, 0.15) is 5.75 Å². The summed E-state index contributed by atoms with van der Waals surface area (Å²) < 4.78 is 10.8. The maximum atomic E-state index is 11.6. The van der Waals surface area contributed by atoms with Crippen LogP contribution in [0.4, 0.5) is 5.69 Å². The van der Waals surface area contributed by atoms with Gasteiger partial charge >= 0.3 is 0 Å². The lowest BCUT2D eigenvalue weighted by molar-refractivity contribution is -0.124. The van der Waals surface area contributed by atoms with Gasteiger partial charge in [-0.1, -0.05) is 12.1 Å². The summed E-state index contributed by atoms with van der Waals surface area (Å²) in [6.45, 7) is 6.76. The van der Waals surface area contributed by atoms with Crippen molar-refractivity contribution in [3.8, 4) is 5.75 Å². The number of nitrogen functional groups attached to an aromatic ring is 1. The molecular formula is C14H22N2O3. The van der Waals surface area contributed by atoms with Gasteiger partial charge in [0, 0.05) is 13.2 Å². The number of hydrogen-bond acceptors (Lipinski definition) is 4. The minimum atomic E-state index is -0.379. The Hall–Kier alpha value is -1.75. The number of nitrogens with two attached hydrogens (primary N) is 1. The third-order valence-electron chi connectivity index (χ3n) is 2.52. The zero-order chi connectivity index (χ0) is 14.3. The second-order valence-corrected chi connectivity index (χ2v) is 4.80. The van der Waals surface area contributed by atoms with E-state index < -0.39 is 0 Å². The molecule has 0 saturated carbocycles. The van der Waals surface area contributed by atoms with E-state index in [0.29, 0.717) is 24.6 Å². The summed E-state index contributed by atoms with van der Waals surface area (Å²) in [4.78, 5) is 11.6. The Bertz CT molecular complexity index is 419. The Morgan fingerprint density at radius 2 is 2.05 bits per heavy atom. The lowest BCUT2D eigenvalue weighted by atomic mass is 10.1. The van der Waals surface area contributed by atoms with E-state index in [0.717, 1.165) is 0 Å². The van der Waals surface area contributed by atoms with Crippen LogP contribution in [0.25, 0.3) is 0 Å². The van der Waals surface area contributed by atoms with E-state index >= 15 is 0 Å². The summed E-state index contributed by atoms with van der Waals surface area (Å²) in [6, 6.07) is 7.08. The molecule has 0 fully saturated rings. The SMILES string of the molecule is CCOC(C)(C)CNC(=O)COc1ccccc1N. The van der Waals surface area contributed by atoms with Crippen molar-refractivity contribution in [1.29, 1.82) is 0 Å². The third-order valence-corrected chi connectivity index (χ3v) is 2.52. The zero-order valence-corrected chi connectivity index (χ0v) is 11.7. The second-order valence-electron chi connectivity index (χ2n) is 4.80. The van der Waals surface area contributed by atoms with Gasteiger partial charge in [0.15, 0.2) is 6.61 Å². The summed E-state index contributed by atoms with van der Waals surface area (Å²) in [5, 5.41) is 2.77. The van der Waals surface area contributed by atoms with Crippen LogP contribution in [0.15, 0.2) is 24.3 Å². The minimum Gasteiger partial charge on any atom is -0.482 e. The first kappa shape index (κ1) is 15.3. The maximum Gasteiger partial charge on any atom is 0.258 e. The van der Waals surface area contributed by atoms with E-state index in [1.165, 1.54) is 0 Å². The molecule has 5 heteroatoms. The van der Waals surface area contributed by atoms with Crippen LogP contribution in [0, 0.1) is 0 Å². The highest BCUT2D eigenvalue weighted by Crippen LogP contribution is 2.19. The van der Waals surface area contributed by atoms with Crippen molar-refractivity contribution < 1.29 is 14.3 Å². The molecule has 0 aliphatic rings. The van der Waals surface area contributed by atoms with Gasteiger partial charge in [0.2, 0.25) is 0 Å². The van der Waals surface area contributed by atoms with Crippen LogP contribution < -0.4 is 15.8 Å². The van der Waals surface area contributed by atoms with E-state index in [-0.39, 0.29) is 18.1 Å². The molecule has 0 heterocycles. The number of rotatable bonds is 7. The van der Waals surface area contributed by atoms with Crippen LogP contribution in [0.2, 0.25) is 0 Å². The molecule has 1 amide bonds. The summed E-state index contributed by atoms with van der Waals surface area (Å²) in [7, 11) is 0. The molecule has 1 aromatic carbocycles. The number of nitrogens with one attached hydrogen (secondary N) is 1. The van der Waals surface area contributed by atoms with E-state index in [1.54, 1.807) is 12.1 Å². The molecule has 3 N–H and O–H groups in total. The number of ether oxygens (including phenoxy) is 2. The average Bonchev–Trinajstić information content (AvgIpc) is 2.35. The predicted molar refractivity (Wildman–Crippen MR) is 75.1 cm³/mol. The Balaban J connectivity index is 2.35. The number of carbonyl (C=O) groups excluding carboxylic acids is 1. The largest absolute Gasteiger partial charge is 0.482 e. The number of benzene rings is 1. The van der Waals surface area contributed by atoms with Crippen molar-refractivity contribution in [2.75, 3.05) is 25.5 Å². The Labute approximate surface area is 114 Å². The first-order valence-corrected chi connectivity index (χ1v) is 6.32. The number of carbonyl (C=O) groups is 1. The van der Waals surface area contributed by atoms with Crippen LogP contribution in [0.1, 0.15) is 20.8 Å². The predicted octanol–water partition coefficient (Wildman–Crippen LogP) is 1.58. The maximum absolute atomic E-state index is 11.6. The quantitative estimate of drug-likeness (QED) is 0.735. The third kappa shape index (κ3) is 5.61. The molecule has 0 bridgehead atoms. The van der Waals surface area contributed by atoms with Gasteiger partial charge in [-0.2, -0.15) is 0 Å². The topological polar surface area (TPSA) is 73.6 Å². The fourth-order valence-corrected chi connectivity index (χ4v) is 1.56. The molecule has 0 saturated heterocycles. The van der Waals surface area contributed by atoms with Gasteiger partial charge in [-0.15, -0.1) is 0 Å². The smallest absolute Gasteiger partial charge is 0.258 e. The van der Waals surface area contributed by atoms with Crippen LogP contribution >= 0.6 is 0 Å². The molecule has 0 radical (unpaired) electrons. The molecule has 0 unspecified atom stereocenters. The van der Waals surface area contributed by atoms with Gasteiger partial charge in [-0.3, -0.25) is 4.79 Å². The minimum absolute atomic E-state index is 0.0591. The van der Waals surface area contributed by atoms with Gasteiger partial charge in [0.25, 0.3) is 5.91 Å². The van der Waals surface area contributed by atoms with Crippen molar-refractivity contribution in [2.24, 2.45) is 0 Å². The molecule has 1 rings (SSSR count). The standard InChI is InChI=1S/C14H22N2O3/c1-4-19-14(2,3)10-16-13(17)9-18-12-8-6-5-7-11(12)15/h5-8H,4,9-10,15H2,1-3H3,(H,16,17). The van der Waals surface area contributed by atoms with Gasteiger partial charge in [-0.05, 0) is 32.9 Å². The fraction of sp³-hybridized carbons (Fsp3) is 0.500. The van der Waals surface area contributed by atoms with Gasteiger partial charge in [0.05, 0.1) is 11.3 Å². The van der Waals surface area contributed by atoms with Gasteiger partial charge in [-0.25, -0.2) is 0 Å².